The highest BCUT2D eigenvalue weighted by atomic mass is 79.9. The molecule has 0 amide bonds. The Labute approximate surface area is 106 Å². The van der Waals surface area contributed by atoms with Crippen LogP contribution in [0.25, 0.3) is 16.7 Å². The van der Waals surface area contributed by atoms with E-state index in [0.29, 0.717) is 11.0 Å². The van der Waals surface area contributed by atoms with Gasteiger partial charge in [-0.25, -0.2) is 0 Å². The summed E-state index contributed by atoms with van der Waals surface area (Å²) in [5, 5.41) is 16.3. The predicted octanol–water partition coefficient (Wildman–Crippen LogP) is 2.42. The SMILES string of the molecule is [O-][n+]1c2cc(Br)ccc2nn1-c1ccccc1. The smallest absolute Gasteiger partial charge is 0.250 e. The fourth-order valence-electron chi connectivity index (χ4n) is 1.70. The van der Waals surface area contributed by atoms with E-state index in [1.165, 1.54) is 4.80 Å². The molecule has 4 nitrogen and oxygen atoms in total. The number of hydrogen-bond donors (Lipinski definition) is 0. The lowest BCUT2D eigenvalue weighted by Gasteiger charge is -2.02. The van der Waals surface area contributed by atoms with Gasteiger partial charge in [-0.05, 0) is 29.1 Å². The third-order valence-corrected chi connectivity index (χ3v) is 3.00. The number of nitrogens with zero attached hydrogens (tertiary/aromatic N) is 3. The van der Waals surface area contributed by atoms with Crippen LogP contribution in [0.3, 0.4) is 0 Å². The molecule has 2 aromatic carbocycles. The van der Waals surface area contributed by atoms with Crippen molar-refractivity contribution in [1.82, 2.24) is 9.90 Å². The molecule has 0 unspecified atom stereocenters. The summed E-state index contributed by atoms with van der Waals surface area (Å²) in [5.41, 5.74) is 1.96. The van der Waals surface area contributed by atoms with E-state index in [1.54, 1.807) is 6.07 Å². The van der Waals surface area contributed by atoms with Crippen molar-refractivity contribution in [2.24, 2.45) is 0 Å². The monoisotopic (exact) mass is 289 g/mol. The van der Waals surface area contributed by atoms with Crippen molar-refractivity contribution in [2.45, 2.75) is 0 Å². The Morgan fingerprint density at radius 3 is 2.65 bits per heavy atom. The molecule has 5 heteroatoms. The van der Waals surface area contributed by atoms with E-state index < -0.39 is 0 Å². The van der Waals surface area contributed by atoms with Crippen molar-refractivity contribution < 1.29 is 4.85 Å². The van der Waals surface area contributed by atoms with Gasteiger partial charge in [-0.3, -0.25) is 0 Å². The summed E-state index contributed by atoms with van der Waals surface area (Å²) in [5.74, 6) is 0. The van der Waals surface area contributed by atoms with Gasteiger partial charge in [0.1, 0.15) is 5.69 Å². The number of halogens is 1. The Bertz CT molecular complexity index is 679. The van der Waals surface area contributed by atoms with Gasteiger partial charge in [0.25, 0.3) is 0 Å². The number of fused-ring (bicyclic) bond motifs is 1. The van der Waals surface area contributed by atoms with Crippen LogP contribution in [-0.2, 0) is 0 Å². The minimum atomic E-state index is 0.545. The van der Waals surface area contributed by atoms with Gasteiger partial charge in [0.15, 0.2) is 0 Å². The zero-order valence-electron chi connectivity index (χ0n) is 8.75. The summed E-state index contributed by atoms with van der Waals surface area (Å²) >= 11 is 3.34. The molecule has 0 radical (unpaired) electrons. The molecule has 0 aliphatic rings. The fraction of sp³-hybridized carbons (Fsp3) is 0. The second-order valence-electron chi connectivity index (χ2n) is 3.63. The highest BCUT2D eigenvalue weighted by molar-refractivity contribution is 9.10. The number of aromatic nitrogens is 3. The van der Waals surface area contributed by atoms with Gasteiger partial charge >= 0.3 is 0 Å². The largest absolute Gasteiger partial charge is 0.692 e. The van der Waals surface area contributed by atoms with Crippen LogP contribution >= 0.6 is 15.9 Å². The number of rotatable bonds is 1. The summed E-state index contributed by atoms with van der Waals surface area (Å²) in [6.07, 6.45) is 0. The standard InChI is InChI=1S/C12H8BrN3O/c13-9-6-7-11-12(8-9)16(17)15(14-11)10-4-2-1-3-5-10/h1-8H. The Balaban J connectivity index is 2.28. The van der Waals surface area contributed by atoms with Crippen molar-refractivity contribution in [3.8, 4) is 5.69 Å². The highest BCUT2D eigenvalue weighted by Crippen LogP contribution is 2.16. The lowest BCUT2D eigenvalue weighted by molar-refractivity contribution is -0.664. The van der Waals surface area contributed by atoms with Crippen LogP contribution in [0.4, 0.5) is 0 Å². The molecule has 1 heterocycles. The fourth-order valence-corrected chi connectivity index (χ4v) is 2.05. The third kappa shape index (κ3) is 1.68. The molecule has 0 bridgehead atoms. The van der Waals surface area contributed by atoms with E-state index in [4.69, 9.17) is 0 Å². The van der Waals surface area contributed by atoms with Crippen molar-refractivity contribution in [3.05, 3.63) is 58.2 Å². The molecule has 0 atom stereocenters. The van der Waals surface area contributed by atoms with Crippen LogP contribution in [0.2, 0.25) is 0 Å². The number of hydrogen-bond acceptors (Lipinski definition) is 2. The number of benzene rings is 2. The minimum Gasteiger partial charge on any atom is -0.692 e. The van der Waals surface area contributed by atoms with E-state index in [1.807, 2.05) is 42.5 Å². The van der Waals surface area contributed by atoms with Gasteiger partial charge < -0.3 is 5.21 Å². The van der Waals surface area contributed by atoms with Gasteiger partial charge in [-0.2, -0.15) is 0 Å². The number of para-hydroxylation sites is 1. The summed E-state index contributed by atoms with van der Waals surface area (Å²) in [7, 11) is 0. The van der Waals surface area contributed by atoms with Gasteiger partial charge in [0.2, 0.25) is 11.0 Å². The molecular formula is C12H8BrN3O. The summed E-state index contributed by atoms with van der Waals surface area (Å²) in [6, 6.07) is 14.8. The normalized spacial score (nSPS) is 10.9. The molecule has 0 fully saturated rings. The zero-order chi connectivity index (χ0) is 11.8. The zero-order valence-corrected chi connectivity index (χ0v) is 10.3. The van der Waals surface area contributed by atoms with Gasteiger partial charge in [0.05, 0.1) is 5.10 Å². The summed E-state index contributed by atoms with van der Waals surface area (Å²) in [6.45, 7) is 0. The molecule has 84 valence electrons. The summed E-state index contributed by atoms with van der Waals surface area (Å²) in [4.78, 5) is 2.13. The molecule has 0 aliphatic heterocycles. The molecule has 1 aromatic heterocycles. The van der Waals surface area contributed by atoms with Crippen LogP contribution in [0, 0.1) is 5.21 Å². The quantitative estimate of drug-likeness (QED) is 0.510. The molecule has 17 heavy (non-hydrogen) atoms. The van der Waals surface area contributed by atoms with Gasteiger partial charge in [-0.15, -0.1) is 4.85 Å². The van der Waals surface area contributed by atoms with Crippen LogP contribution in [0.1, 0.15) is 0 Å². The second kappa shape index (κ2) is 3.85. The van der Waals surface area contributed by atoms with Gasteiger partial charge in [0, 0.05) is 10.5 Å². The van der Waals surface area contributed by atoms with Crippen molar-refractivity contribution in [2.75, 3.05) is 0 Å². The maximum atomic E-state index is 12.1. The van der Waals surface area contributed by atoms with E-state index in [2.05, 4.69) is 21.0 Å². The molecule has 3 aromatic rings. The average Bonchev–Trinajstić information content (AvgIpc) is 2.68. The first-order chi connectivity index (χ1) is 8.25. The Morgan fingerprint density at radius 2 is 1.88 bits per heavy atom. The molecule has 0 saturated heterocycles. The van der Waals surface area contributed by atoms with E-state index >= 15 is 0 Å². The first kappa shape index (κ1) is 10.3. The van der Waals surface area contributed by atoms with E-state index in [0.717, 1.165) is 15.0 Å². The lowest BCUT2D eigenvalue weighted by Crippen LogP contribution is -2.37. The van der Waals surface area contributed by atoms with Crippen molar-refractivity contribution >= 4 is 27.0 Å². The predicted molar refractivity (Wildman–Crippen MR) is 67.7 cm³/mol. The average molecular weight is 290 g/mol. The molecule has 3 rings (SSSR count). The Kier molecular flexibility index (Phi) is 2.33. The second-order valence-corrected chi connectivity index (χ2v) is 4.55. The van der Waals surface area contributed by atoms with Crippen LogP contribution < -0.4 is 4.85 Å². The van der Waals surface area contributed by atoms with Gasteiger partial charge in [-0.1, -0.05) is 34.1 Å². The maximum absolute atomic E-state index is 12.1. The van der Waals surface area contributed by atoms with Crippen LogP contribution in [-0.4, -0.2) is 9.90 Å². The van der Waals surface area contributed by atoms with Crippen LogP contribution in [0.5, 0.6) is 0 Å². The van der Waals surface area contributed by atoms with E-state index in [9.17, 15) is 5.21 Å². The molecule has 0 saturated carbocycles. The molecular weight excluding hydrogens is 282 g/mol. The first-order valence-electron chi connectivity index (χ1n) is 5.09. The molecule has 0 N–H and O–H groups in total. The molecule has 0 aliphatic carbocycles. The maximum Gasteiger partial charge on any atom is 0.250 e. The third-order valence-electron chi connectivity index (χ3n) is 2.51. The van der Waals surface area contributed by atoms with Crippen molar-refractivity contribution in [1.29, 1.82) is 0 Å². The highest BCUT2D eigenvalue weighted by Gasteiger charge is 2.15. The minimum absolute atomic E-state index is 0.545. The summed E-state index contributed by atoms with van der Waals surface area (Å²) < 4.78 is 0.863. The molecule has 0 spiro atoms. The van der Waals surface area contributed by atoms with E-state index in [-0.39, 0.29) is 0 Å². The first-order valence-corrected chi connectivity index (χ1v) is 5.88. The van der Waals surface area contributed by atoms with Crippen LogP contribution in [0.15, 0.2) is 53.0 Å². The Hall–Kier alpha value is -1.88. The van der Waals surface area contributed by atoms with Crippen molar-refractivity contribution in [3.63, 3.8) is 0 Å². The topological polar surface area (TPSA) is 44.8 Å². The lowest BCUT2D eigenvalue weighted by atomic mass is 10.3. The Morgan fingerprint density at radius 1 is 1.12 bits per heavy atom.